The number of carbonyl (C=O) groups excluding carboxylic acids is 1. The topological polar surface area (TPSA) is 106 Å². The predicted octanol–water partition coefficient (Wildman–Crippen LogP) is 2.91. The molecule has 1 aliphatic rings. The molecule has 0 aromatic heterocycles. The highest BCUT2D eigenvalue weighted by Crippen LogP contribution is 2.35. The van der Waals surface area contributed by atoms with Crippen molar-refractivity contribution in [3.63, 3.8) is 0 Å². The van der Waals surface area contributed by atoms with Crippen molar-refractivity contribution in [2.75, 3.05) is 0 Å². The van der Waals surface area contributed by atoms with Gasteiger partial charge < -0.3 is 4.90 Å². The lowest BCUT2D eigenvalue weighted by Gasteiger charge is -2.05. The van der Waals surface area contributed by atoms with Gasteiger partial charge in [-0.25, -0.2) is 0 Å². The third-order valence-electron chi connectivity index (χ3n) is 3.92. The monoisotopic (exact) mass is 307 g/mol. The molecule has 1 saturated heterocycles. The van der Waals surface area contributed by atoms with Gasteiger partial charge in [-0.3, -0.25) is 25.0 Å². The van der Waals surface area contributed by atoms with Crippen molar-refractivity contribution in [1.82, 2.24) is 4.90 Å². The van der Waals surface area contributed by atoms with E-state index in [0.29, 0.717) is 0 Å². The van der Waals surface area contributed by atoms with Gasteiger partial charge in [-0.05, 0) is 13.3 Å². The lowest BCUT2D eigenvalue weighted by molar-refractivity contribution is -0.394. The number of nitrogens with zero attached hydrogens (tertiary/aromatic N) is 3. The van der Waals surface area contributed by atoms with E-state index >= 15 is 0 Å². The molecule has 1 fully saturated rings. The number of carbonyl (C=O) groups is 1. The molecule has 22 heavy (non-hydrogen) atoms. The summed E-state index contributed by atoms with van der Waals surface area (Å²) in [5, 5.41) is 21.7. The Morgan fingerprint density at radius 1 is 1.18 bits per heavy atom. The molecule has 1 heterocycles. The molecule has 8 heteroatoms. The molecular formula is C14H17N3O5. The predicted molar refractivity (Wildman–Crippen MR) is 78.7 cm³/mol. The average Bonchev–Trinajstić information content (AvgIpc) is 3.13. The summed E-state index contributed by atoms with van der Waals surface area (Å²) in [7, 11) is 0. The van der Waals surface area contributed by atoms with Crippen LogP contribution in [0.15, 0.2) is 18.2 Å². The SMILES string of the molecule is CCCC[C@@H]1[C@H](C)N1C(=O)c1cc([N+](=O)[O-])cc([N+](=O)[O-])c1. The first-order chi connectivity index (χ1) is 10.4. The lowest BCUT2D eigenvalue weighted by Crippen LogP contribution is -2.15. The van der Waals surface area contributed by atoms with E-state index in [0.717, 1.165) is 37.5 Å². The first-order valence-electron chi connectivity index (χ1n) is 7.13. The number of amides is 1. The Kier molecular flexibility index (Phi) is 4.39. The van der Waals surface area contributed by atoms with Gasteiger partial charge in [0.25, 0.3) is 17.3 Å². The molecular weight excluding hydrogens is 290 g/mol. The van der Waals surface area contributed by atoms with Gasteiger partial charge in [-0.1, -0.05) is 19.8 Å². The first kappa shape index (κ1) is 15.9. The van der Waals surface area contributed by atoms with Gasteiger partial charge in [-0.15, -0.1) is 0 Å². The molecule has 118 valence electrons. The average molecular weight is 307 g/mol. The minimum atomic E-state index is -0.732. The zero-order chi connectivity index (χ0) is 16.4. The van der Waals surface area contributed by atoms with Crippen LogP contribution in [0.4, 0.5) is 11.4 Å². The second-order valence-corrected chi connectivity index (χ2v) is 5.41. The van der Waals surface area contributed by atoms with E-state index in [-0.39, 0.29) is 23.6 Å². The molecule has 1 amide bonds. The quantitative estimate of drug-likeness (QED) is 0.456. The standard InChI is InChI=1S/C14H17N3O5/c1-3-4-5-13-9(2)15(13)14(18)10-6-11(16(19)20)8-12(7-10)17(21)22/h6-9,13H,3-5H2,1-2H3/t9-,13+,15?/m0/s1. The number of hydrogen-bond acceptors (Lipinski definition) is 5. The van der Waals surface area contributed by atoms with E-state index in [9.17, 15) is 25.0 Å². The molecule has 0 unspecified atom stereocenters. The Hall–Kier alpha value is -2.51. The zero-order valence-corrected chi connectivity index (χ0v) is 12.4. The molecule has 8 nitrogen and oxygen atoms in total. The van der Waals surface area contributed by atoms with Crippen LogP contribution in [0, 0.1) is 20.2 Å². The minimum Gasteiger partial charge on any atom is -0.329 e. The number of nitro groups is 2. The van der Waals surface area contributed by atoms with E-state index in [4.69, 9.17) is 0 Å². The van der Waals surface area contributed by atoms with Crippen LogP contribution in [-0.2, 0) is 0 Å². The molecule has 1 aromatic rings. The number of nitro benzene ring substituents is 2. The third-order valence-corrected chi connectivity index (χ3v) is 3.92. The van der Waals surface area contributed by atoms with Crippen LogP contribution in [0.25, 0.3) is 0 Å². The lowest BCUT2D eigenvalue weighted by atomic mass is 10.1. The van der Waals surface area contributed by atoms with Crippen molar-refractivity contribution in [3.05, 3.63) is 44.0 Å². The largest absolute Gasteiger partial charge is 0.329 e. The third kappa shape index (κ3) is 3.05. The van der Waals surface area contributed by atoms with Crippen molar-refractivity contribution in [3.8, 4) is 0 Å². The van der Waals surface area contributed by atoms with Gasteiger partial charge >= 0.3 is 0 Å². The molecule has 1 aromatic carbocycles. The Balaban J connectivity index is 2.26. The van der Waals surface area contributed by atoms with Crippen LogP contribution in [0.5, 0.6) is 0 Å². The van der Waals surface area contributed by atoms with Crippen LogP contribution in [0.2, 0.25) is 0 Å². The van der Waals surface area contributed by atoms with E-state index in [1.54, 1.807) is 4.90 Å². The van der Waals surface area contributed by atoms with Crippen molar-refractivity contribution in [2.24, 2.45) is 0 Å². The Morgan fingerprint density at radius 2 is 1.73 bits per heavy atom. The van der Waals surface area contributed by atoms with Gasteiger partial charge in [0, 0.05) is 12.1 Å². The fourth-order valence-electron chi connectivity index (χ4n) is 2.62. The van der Waals surface area contributed by atoms with Gasteiger partial charge in [0.05, 0.1) is 33.6 Å². The summed E-state index contributed by atoms with van der Waals surface area (Å²) in [6.45, 7) is 3.97. The number of rotatable bonds is 6. The second kappa shape index (κ2) is 6.08. The molecule has 0 N–H and O–H groups in total. The van der Waals surface area contributed by atoms with E-state index in [1.807, 2.05) is 6.92 Å². The summed E-state index contributed by atoms with van der Waals surface area (Å²) in [6.07, 6.45) is 2.89. The Bertz CT molecular complexity index is 599. The van der Waals surface area contributed by atoms with Crippen molar-refractivity contribution >= 4 is 17.3 Å². The van der Waals surface area contributed by atoms with Crippen LogP contribution < -0.4 is 0 Å². The Labute approximate surface area is 127 Å². The maximum atomic E-state index is 12.4. The van der Waals surface area contributed by atoms with Crippen LogP contribution in [-0.4, -0.2) is 32.7 Å². The van der Waals surface area contributed by atoms with Gasteiger partial charge in [0.1, 0.15) is 0 Å². The van der Waals surface area contributed by atoms with Crippen molar-refractivity contribution < 1.29 is 14.6 Å². The zero-order valence-electron chi connectivity index (χ0n) is 12.4. The van der Waals surface area contributed by atoms with Gasteiger partial charge in [0.15, 0.2) is 0 Å². The maximum Gasteiger partial charge on any atom is 0.277 e. The first-order valence-corrected chi connectivity index (χ1v) is 7.13. The second-order valence-electron chi connectivity index (χ2n) is 5.41. The molecule has 0 saturated carbocycles. The summed E-state index contributed by atoms with van der Waals surface area (Å²) in [5.41, 5.74) is -0.902. The van der Waals surface area contributed by atoms with Gasteiger partial charge in [0.2, 0.25) is 0 Å². The summed E-state index contributed by atoms with van der Waals surface area (Å²) < 4.78 is 0. The number of non-ortho nitro benzene ring substituents is 2. The summed E-state index contributed by atoms with van der Waals surface area (Å²) in [6, 6.07) is 3.23. The highest BCUT2D eigenvalue weighted by molar-refractivity contribution is 5.97. The normalized spacial score (nSPS) is 19.8. The fourth-order valence-corrected chi connectivity index (χ4v) is 2.62. The van der Waals surface area contributed by atoms with Crippen LogP contribution in [0.1, 0.15) is 43.5 Å². The van der Waals surface area contributed by atoms with Crippen LogP contribution in [0.3, 0.4) is 0 Å². The van der Waals surface area contributed by atoms with Crippen molar-refractivity contribution in [1.29, 1.82) is 0 Å². The van der Waals surface area contributed by atoms with Crippen LogP contribution >= 0.6 is 0 Å². The molecule has 2 rings (SSSR count). The van der Waals surface area contributed by atoms with E-state index in [2.05, 4.69) is 6.92 Å². The highest BCUT2D eigenvalue weighted by atomic mass is 16.6. The molecule has 0 spiro atoms. The summed E-state index contributed by atoms with van der Waals surface area (Å²) >= 11 is 0. The van der Waals surface area contributed by atoms with Gasteiger partial charge in [-0.2, -0.15) is 0 Å². The summed E-state index contributed by atoms with van der Waals surface area (Å²) in [5.74, 6) is -0.389. The molecule has 1 aliphatic heterocycles. The molecule has 0 bridgehead atoms. The number of unbranched alkanes of at least 4 members (excludes halogenated alkanes) is 1. The molecule has 0 aliphatic carbocycles. The number of hydrogen-bond donors (Lipinski definition) is 0. The van der Waals surface area contributed by atoms with E-state index < -0.39 is 21.2 Å². The molecule has 2 atom stereocenters. The summed E-state index contributed by atoms with van der Waals surface area (Å²) in [4.78, 5) is 34.3. The maximum absolute atomic E-state index is 12.4. The van der Waals surface area contributed by atoms with E-state index in [1.165, 1.54) is 0 Å². The fraction of sp³-hybridized carbons (Fsp3) is 0.500. The number of benzene rings is 1. The smallest absolute Gasteiger partial charge is 0.277 e. The Morgan fingerprint density at radius 3 is 2.18 bits per heavy atom. The van der Waals surface area contributed by atoms with Crippen molar-refractivity contribution in [2.45, 2.75) is 45.2 Å². The molecule has 0 radical (unpaired) electrons. The minimum absolute atomic E-state index is 0.00764. The highest BCUT2D eigenvalue weighted by Gasteiger charge is 2.47.